The summed E-state index contributed by atoms with van der Waals surface area (Å²) in [6, 6.07) is 10.3. The fourth-order valence-corrected chi connectivity index (χ4v) is 2.99. The van der Waals surface area contributed by atoms with Crippen LogP contribution in [0.25, 0.3) is 11.0 Å². The first-order chi connectivity index (χ1) is 14.4. The smallest absolute Gasteiger partial charge is 0.344 e. The third-order valence-corrected chi connectivity index (χ3v) is 4.42. The summed E-state index contributed by atoms with van der Waals surface area (Å²) >= 11 is 0. The number of ether oxygens (including phenoxy) is 2. The molecule has 0 aliphatic heterocycles. The molecule has 8 nitrogen and oxygen atoms in total. The van der Waals surface area contributed by atoms with Crippen LogP contribution in [-0.2, 0) is 16.1 Å². The molecule has 0 radical (unpaired) electrons. The number of nitrogens with one attached hydrogen (secondary N) is 1. The van der Waals surface area contributed by atoms with Gasteiger partial charge in [-0.25, -0.2) is 9.78 Å². The van der Waals surface area contributed by atoms with Gasteiger partial charge < -0.3 is 19.4 Å². The number of carbonyl (C=O) groups excluding carboxylic acids is 2. The normalized spacial score (nSPS) is 10.6. The fraction of sp³-hybridized carbons (Fsp3) is 0.273. The zero-order chi connectivity index (χ0) is 21.7. The predicted molar refractivity (Wildman–Crippen MR) is 113 cm³/mol. The summed E-state index contributed by atoms with van der Waals surface area (Å²) < 4.78 is 12.2. The van der Waals surface area contributed by atoms with Crippen molar-refractivity contribution in [2.45, 2.75) is 27.3 Å². The lowest BCUT2D eigenvalue weighted by Gasteiger charge is -2.12. The van der Waals surface area contributed by atoms with E-state index in [0.29, 0.717) is 35.6 Å². The molecule has 1 amide bonds. The summed E-state index contributed by atoms with van der Waals surface area (Å²) in [6.45, 7) is 5.98. The van der Waals surface area contributed by atoms with Crippen LogP contribution in [-0.4, -0.2) is 34.6 Å². The number of anilines is 1. The minimum Gasteiger partial charge on any atom is -0.492 e. The van der Waals surface area contributed by atoms with E-state index in [4.69, 9.17) is 9.47 Å². The van der Waals surface area contributed by atoms with Gasteiger partial charge in [0.25, 0.3) is 5.91 Å². The molecule has 0 bridgehead atoms. The summed E-state index contributed by atoms with van der Waals surface area (Å²) in [7, 11) is 0. The number of esters is 1. The van der Waals surface area contributed by atoms with Gasteiger partial charge in [-0.05, 0) is 45.0 Å². The van der Waals surface area contributed by atoms with E-state index in [-0.39, 0.29) is 5.56 Å². The number of pyridine rings is 2. The standard InChI is InChI=1S/C22H23N3O5/c1-4-25-12-16(20(27)15-11-10-14(3)23-21(15)25)22(28)30-13-19(26)24-17-8-6-7-9-18(17)29-5-2/h6-12H,4-5,13H2,1-3H3,(H,24,26). The van der Waals surface area contributed by atoms with E-state index in [9.17, 15) is 14.4 Å². The Bertz CT molecular complexity index is 1150. The van der Waals surface area contributed by atoms with Gasteiger partial charge in [0, 0.05) is 18.4 Å². The van der Waals surface area contributed by atoms with Gasteiger partial charge in [-0.2, -0.15) is 0 Å². The van der Waals surface area contributed by atoms with Gasteiger partial charge in [-0.1, -0.05) is 12.1 Å². The molecular weight excluding hydrogens is 386 g/mol. The molecule has 3 aromatic rings. The van der Waals surface area contributed by atoms with Crippen molar-refractivity contribution in [2.75, 3.05) is 18.5 Å². The van der Waals surface area contributed by atoms with Gasteiger partial charge in [0.05, 0.1) is 17.7 Å². The molecule has 1 aromatic carbocycles. The highest BCUT2D eigenvalue weighted by atomic mass is 16.5. The Morgan fingerprint density at radius 1 is 1.13 bits per heavy atom. The van der Waals surface area contributed by atoms with Crippen molar-refractivity contribution in [3.05, 3.63) is 64.1 Å². The zero-order valence-corrected chi connectivity index (χ0v) is 17.1. The Balaban J connectivity index is 1.76. The fourth-order valence-electron chi connectivity index (χ4n) is 2.99. The van der Waals surface area contributed by atoms with Crippen LogP contribution in [0.3, 0.4) is 0 Å². The molecule has 0 fully saturated rings. The maximum Gasteiger partial charge on any atom is 0.344 e. The molecule has 0 saturated heterocycles. The minimum absolute atomic E-state index is 0.141. The molecule has 0 spiro atoms. The number of carbonyl (C=O) groups is 2. The van der Waals surface area contributed by atoms with E-state index in [1.165, 1.54) is 6.20 Å². The number of aryl methyl sites for hydroxylation is 2. The summed E-state index contributed by atoms with van der Waals surface area (Å²) in [4.78, 5) is 41.9. The second kappa shape index (κ2) is 9.21. The maximum atomic E-state index is 12.7. The highest BCUT2D eigenvalue weighted by Gasteiger charge is 2.19. The SMILES string of the molecule is CCOc1ccccc1NC(=O)COC(=O)c1cn(CC)c2nc(C)ccc2c1=O. The Labute approximate surface area is 173 Å². The lowest BCUT2D eigenvalue weighted by atomic mass is 10.2. The van der Waals surface area contributed by atoms with Gasteiger partial charge in [-0.15, -0.1) is 0 Å². The largest absolute Gasteiger partial charge is 0.492 e. The number of nitrogens with zero attached hydrogens (tertiary/aromatic N) is 2. The molecule has 156 valence electrons. The number of rotatable bonds is 7. The molecule has 0 aliphatic carbocycles. The first-order valence-corrected chi connectivity index (χ1v) is 9.64. The molecule has 2 aromatic heterocycles. The van der Waals surface area contributed by atoms with Crippen molar-refractivity contribution in [2.24, 2.45) is 0 Å². The summed E-state index contributed by atoms with van der Waals surface area (Å²) in [5.41, 5.74) is 1.13. The van der Waals surface area contributed by atoms with Crippen molar-refractivity contribution in [3.8, 4) is 5.75 Å². The van der Waals surface area contributed by atoms with Crippen LogP contribution in [0.4, 0.5) is 5.69 Å². The van der Waals surface area contributed by atoms with E-state index in [1.54, 1.807) is 41.0 Å². The topological polar surface area (TPSA) is 99.5 Å². The van der Waals surface area contributed by atoms with Gasteiger partial charge >= 0.3 is 5.97 Å². The third-order valence-electron chi connectivity index (χ3n) is 4.42. The van der Waals surface area contributed by atoms with E-state index in [1.807, 2.05) is 20.8 Å². The molecule has 0 saturated carbocycles. The lowest BCUT2D eigenvalue weighted by molar-refractivity contribution is -0.119. The van der Waals surface area contributed by atoms with Crippen LogP contribution >= 0.6 is 0 Å². The van der Waals surface area contributed by atoms with Crippen LogP contribution in [0.15, 0.2) is 47.4 Å². The van der Waals surface area contributed by atoms with E-state index >= 15 is 0 Å². The summed E-state index contributed by atoms with van der Waals surface area (Å²) in [6.07, 6.45) is 1.42. The lowest BCUT2D eigenvalue weighted by Crippen LogP contribution is -2.25. The first kappa shape index (κ1) is 21.0. The minimum atomic E-state index is -0.863. The quantitative estimate of drug-likeness (QED) is 0.603. The van der Waals surface area contributed by atoms with Crippen molar-refractivity contribution in [1.29, 1.82) is 0 Å². The monoisotopic (exact) mass is 409 g/mol. The molecule has 1 N–H and O–H groups in total. The second-order valence-corrected chi connectivity index (χ2v) is 6.54. The summed E-state index contributed by atoms with van der Waals surface area (Å²) in [5, 5.41) is 2.97. The van der Waals surface area contributed by atoms with Gasteiger partial charge in [0.15, 0.2) is 6.61 Å². The van der Waals surface area contributed by atoms with Crippen LogP contribution in [0.5, 0.6) is 5.75 Å². The van der Waals surface area contributed by atoms with Crippen LogP contribution in [0.1, 0.15) is 29.9 Å². The molecule has 30 heavy (non-hydrogen) atoms. The average Bonchev–Trinajstić information content (AvgIpc) is 2.74. The van der Waals surface area contributed by atoms with Crippen molar-refractivity contribution in [3.63, 3.8) is 0 Å². The molecule has 0 unspecified atom stereocenters. The predicted octanol–water partition coefficient (Wildman–Crippen LogP) is 2.92. The van der Waals surface area contributed by atoms with E-state index < -0.39 is 23.9 Å². The number of hydrogen-bond donors (Lipinski definition) is 1. The van der Waals surface area contributed by atoms with Gasteiger partial charge in [0.2, 0.25) is 5.43 Å². The number of amides is 1. The number of benzene rings is 1. The van der Waals surface area contributed by atoms with Crippen molar-refractivity contribution < 1.29 is 19.1 Å². The molecule has 8 heteroatoms. The summed E-state index contributed by atoms with van der Waals surface area (Å²) in [5.74, 6) is -0.884. The highest BCUT2D eigenvalue weighted by Crippen LogP contribution is 2.23. The maximum absolute atomic E-state index is 12.7. The molecule has 0 aliphatic rings. The van der Waals surface area contributed by atoms with E-state index in [0.717, 1.165) is 5.69 Å². The van der Waals surface area contributed by atoms with Crippen molar-refractivity contribution >= 4 is 28.6 Å². The Kier molecular flexibility index (Phi) is 6.46. The zero-order valence-electron chi connectivity index (χ0n) is 17.1. The van der Waals surface area contributed by atoms with Crippen LogP contribution < -0.4 is 15.5 Å². The molecule has 3 rings (SSSR count). The number of hydrogen-bond acceptors (Lipinski definition) is 6. The number of para-hydroxylation sites is 2. The number of fused-ring (bicyclic) bond motifs is 1. The highest BCUT2D eigenvalue weighted by molar-refractivity contribution is 5.97. The second-order valence-electron chi connectivity index (χ2n) is 6.54. The number of aromatic nitrogens is 2. The van der Waals surface area contributed by atoms with Gasteiger partial charge in [-0.3, -0.25) is 9.59 Å². The van der Waals surface area contributed by atoms with Crippen LogP contribution in [0.2, 0.25) is 0 Å². The third kappa shape index (κ3) is 4.48. The molecular formula is C22H23N3O5. The Morgan fingerprint density at radius 2 is 1.90 bits per heavy atom. The van der Waals surface area contributed by atoms with Gasteiger partial charge in [0.1, 0.15) is 17.0 Å². The molecule has 2 heterocycles. The van der Waals surface area contributed by atoms with Crippen LogP contribution in [0, 0.1) is 6.92 Å². The van der Waals surface area contributed by atoms with Crippen molar-refractivity contribution in [1.82, 2.24) is 9.55 Å². The first-order valence-electron chi connectivity index (χ1n) is 9.64. The van der Waals surface area contributed by atoms with E-state index in [2.05, 4.69) is 10.3 Å². The molecule has 0 atom stereocenters. The Morgan fingerprint density at radius 3 is 2.63 bits per heavy atom. The average molecular weight is 409 g/mol. The Hall–Kier alpha value is -3.68.